The highest BCUT2D eigenvalue weighted by molar-refractivity contribution is 5.95. The Kier molecular flexibility index (Phi) is 7.12. The molecule has 11 heteroatoms. The Morgan fingerprint density at radius 1 is 1.18 bits per heavy atom. The number of halogens is 3. The van der Waals surface area contributed by atoms with Crippen LogP contribution >= 0.6 is 0 Å². The molecule has 0 aromatic rings. The molecule has 184 valence electrons. The van der Waals surface area contributed by atoms with Crippen LogP contribution in [0.5, 0.6) is 0 Å². The third kappa shape index (κ3) is 5.60. The first-order valence-electron chi connectivity index (χ1n) is 10.7. The maximum absolute atomic E-state index is 13.4. The van der Waals surface area contributed by atoms with Gasteiger partial charge in [0, 0.05) is 13.0 Å². The number of hydrogen-bond acceptors (Lipinski definition) is 4. The van der Waals surface area contributed by atoms with E-state index in [1.54, 1.807) is 5.32 Å². The molecule has 4 amide bonds. The number of carbonyl (C=O) groups excluding carboxylic acids is 4. The number of likely N-dealkylation sites (tertiary alicyclic amines) is 1. The highest BCUT2D eigenvalue weighted by Crippen LogP contribution is 2.65. The van der Waals surface area contributed by atoms with Crippen LogP contribution in [0.15, 0.2) is 0 Å². The summed E-state index contributed by atoms with van der Waals surface area (Å²) in [5, 5.41) is 4.44. The zero-order valence-electron chi connectivity index (χ0n) is 19.4. The van der Waals surface area contributed by atoms with Crippen molar-refractivity contribution in [3.05, 3.63) is 0 Å². The molecule has 0 radical (unpaired) electrons. The summed E-state index contributed by atoms with van der Waals surface area (Å²) < 4.78 is 38.6. The molecule has 2 rings (SSSR count). The van der Waals surface area contributed by atoms with Crippen molar-refractivity contribution in [1.29, 1.82) is 0 Å². The van der Waals surface area contributed by atoms with Crippen molar-refractivity contribution in [3.63, 3.8) is 0 Å². The van der Waals surface area contributed by atoms with Crippen molar-refractivity contribution < 1.29 is 32.3 Å². The SMILES string of the molecule is C#C[C@H](CCC(N)=O)NC(=O)[C@@H]1[C@@H]2[C@H](CN1C(=O)[C@@H](NC(=O)C(F)(F)F)C(C)(C)C)C2(C)C. The van der Waals surface area contributed by atoms with Crippen LogP contribution in [0.4, 0.5) is 13.2 Å². The molecular formula is C22H31F3N4O4. The molecule has 2 fully saturated rings. The summed E-state index contributed by atoms with van der Waals surface area (Å²) in [7, 11) is 0. The van der Waals surface area contributed by atoms with Crippen LogP contribution in [0.2, 0.25) is 0 Å². The molecule has 33 heavy (non-hydrogen) atoms. The predicted molar refractivity (Wildman–Crippen MR) is 113 cm³/mol. The molecule has 1 saturated heterocycles. The van der Waals surface area contributed by atoms with Gasteiger partial charge in [0.2, 0.25) is 17.7 Å². The first-order valence-corrected chi connectivity index (χ1v) is 10.7. The highest BCUT2D eigenvalue weighted by Gasteiger charge is 2.69. The van der Waals surface area contributed by atoms with Crippen molar-refractivity contribution in [2.45, 2.75) is 71.8 Å². The van der Waals surface area contributed by atoms with E-state index in [2.05, 4.69) is 11.2 Å². The number of piperidine rings is 1. The minimum absolute atomic E-state index is 0.0222. The van der Waals surface area contributed by atoms with Gasteiger partial charge in [-0.1, -0.05) is 40.5 Å². The summed E-state index contributed by atoms with van der Waals surface area (Å²) in [4.78, 5) is 50.4. The molecule has 1 aliphatic carbocycles. The fourth-order valence-electron chi connectivity index (χ4n) is 4.58. The summed E-state index contributed by atoms with van der Waals surface area (Å²) in [6, 6.07) is -3.26. The number of hydrogen-bond donors (Lipinski definition) is 3. The standard InChI is InChI=1S/C22H31F3N4O4/c1-7-11(8-9-13(26)30)27-17(31)15-14-12(21(14,5)6)10-29(15)18(32)16(20(2,3)4)28-19(33)22(23,24)25/h1,11-12,14-16H,8-10H2,2-6H3,(H2,26,30)(H,27,31)(H,28,33)/t11-,12+,14+,15+,16-/m1/s1. The molecule has 0 spiro atoms. The molecule has 0 aromatic carbocycles. The summed E-state index contributed by atoms with van der Waals surface area (Å²) in [6.07, 6.45) is 0.359. The number of amides is 4. The molecule has 8 nitrogen and oxygen atoms in total. The smallest absolute Gasteiger partial charge is 0.370 e. The Balaban J connectivity index is 2.28. The van der Waals surface area contributed by atoms with Gasteiger partial charge in [-0.05, 0) is 29.1 Å². The van der Waals surface area contributed by atoms with E-state index < -0.39 is 53.3 Å². The molecule has 2 aliphatic rings. The molecule has 1 heterocycles. The third-order valence-electron chi connectivity index (χ3n) is 6.60. The Labute approximate surface area is 191 Å². The molecular weight excluding hydrogens is 441 g/mol. The lowest BCUT2D eigenvalue weighted by atomic mass is 9.85. The van der Waals surface area contributed by atoms with Gasteiger partial charge in [-0.2, -0.15) is 13.2 Å². The second kappa shape index (κ2) is 8.88. The summed E-state index contributed by atoms with van der Waals surface area (Å²) in [5.41, 5.74) is 3.83. The predicted octanol–water partition coefficient (Wildman–Crippen LogP) is 0.946. The van der Waals surface area contributed by atoms with Gasteiger partial charge in [-0.3, -0.25) is 19.2 Å². The van der Waals surface area contributed by atoms with Crippen LogP contribution in [-0.2, 0) is 19.2 Å². The van der Waals surface area contributed by atoms with Gasteiger partial charge in [0.15, 0.2) is 0 Å². The summed E-state index contributed by atoms with van der Waals surface area (Å²) >= 11 is 0. The minimum Gasteiger partial charge on any atom is -0.370 e. The maximum Gasteiger partial charge on any atom is 0.471 e. The van der Waals surface area contributed by atoms with Crippen molar-refractivity contribution in [2.75, 3.05) is 6.54 Å². The Bertz CT molecular complexity index is 872. The van der Waals surface area contributed by atoms with E-state index in [-0.39, 0.29) is 36.6 Å². The third-order valence-corrected chi connectivity index (χ3v) is 6.60. The van der Waals surface area contributed by atoms with Crippen molar-refractivity contribution in [2.24, 2.45) is 28.4 Å². The number of nitrogens with two attached hydrogens (primary N) is 1. The van der Waals surface area contributed by atoms with Gasteiger partial charge < -0.3 is 21.3 Å². The summed E-state index contributed by atoms with van der Waals surface area (Å²) in [5.74, 6) is -1.99. The molecule has 1 aliphatic heterocycles. The quantitative estimate of drug-likeness (QED) is 0.478. The molecule has 1 saturated carbocycles. The van der Waals surface area contributed by atoms with Gasteiger partial charge in [0.05, 0.1) is 6.04 Å². The number of alkyl halides is 3. The normalized spacial score (nSPS) is 25.3. The number of rotatable bonds is 7. The lowest BCUT2D eigenvalue weighted by Crippen LogP contribution is -2.61. The van der Waals surface area contributed by atoms with Crippen LogP contribution in [0.1, 0.15) is 47.5 Å². The zero-order chi connectivity index (χ0) is 25.5. The largest absolute Gasteiger partial charge is 0.471 e. The van der Waals surface area contributed by atoms with Gasteiger partial charge >= 0.3 is 12.1 Å². The maximum atomic E-state index is 13.4. The fraction of sp³-hybridized carbons (Fsp3) is 0.727. The molecule has 4 N–H and O–H groups in total. The Morgan fingerprint density at radius 2 is 1.76 bits per heavy atom. The van der Waals surface area contributed by atoms with Crippen LogP contribution in [-0.4, -0.2) is 59.4 Å². The van der Waals surface area contributed by atoms with E-state index in [1.807, 2.05) is 13.8 Å². The van der Waals surface area contributed by atoms with Gasteiger partial charge in [-0.25, -0.2) is 0 Å². The zero-order valence-corrected chi connectivity index (χ0v) is 19.4. The number of carbonyl (C=O) groups is 4. The Hall–Kier alpha value is -2.77. The van der Waals surface area contributed by atoms with E-state index in [9.17, 15) is 32.3 Å². The second-order valence-electron chi connectivity index (χ2n) is 10.4. The van der Waals surface area contributed by atoms with Gasteiger partial charge in [0.25, 0.3) is 0 Å². The van der Waals surface area contributed by atoms with Crippen molar-refractivity contribution >= 4 is 23.6 Å². The van der Waals surface area contributed by atoms with Crippen LogP contribution in [0.3, 0.4) is 0 Å². The first kappa shape index (κ1) is 26.5. The number of fused-ring (bicyclic) bond motifs is 1. The van der Waals surface area contributed by atoms with E-state index in [0.717, 1.165) is 0 Å². The van der Waals surface area contributed by atoms with Gasteiger partial charge in [0.1, 0.15) is 12.1 Å². The molecule has 0 aromatic heterocycles. The lowest BCUT2D eigenvalue weighted by Gasteiger charge is -2.37. The van der Waals surface area contributed by atoms with Crippen LogP contribution in [0, 0.1) is 35.0 Å². The van der Waals surface area contributed by atoms with Crippen molar-refractivity contribution in [1.82, 2.24) is 15.5 Å². The van der Waals surface area contributed by atoms with Crippen LogP contribution in [0.25, 0.3) is 0 Å². The number of primary amides is 1. The number of nitrogens with zero attached hydrogens (tertiary/aromatic N) is 1. The number of terminal acetylenes is 1. The minimum atomic E-state index is -5.16. The second-order valence-corrected chi connectivity index (χ2v) is 10.4. The van der Waals surface area contributed by atoms with Gasteiger partial charge in [-0.15, -0.1) is 6.42 Å². The molecule has 0 bridgehead atoms. The topological polar surface area (TPSA) is 122 Å². The van der Waals surface area contributed by atoms with Crippen LogP contribution < -0.4 is 16.4 Å². The first-order chi connectivity index (χ1) is 14.9. The lowest BCUT2D eigenvalue weighted by molar-refractivity contribution is -0.176. The average Bonchev–Trinajstić information content (AvgIpc) is 3.02. The molecule has 0 unspecified atom stereocenters. The molecule has 5 atom stereocenters. The Morgan fingerprint density at radius 3 is 2.21 bits per heavy atom. The highest BCUT2D eigenvalue weighted by atomic mass is 19.4. The number of nitrogens with one attached hydrogen (secondary N) is 2. The summed E-state index contributed by atoms with van der Waals surface area (Å²) in [6.45, 7) is 8.65. The van der Waals surface area contributed by atoms with E-state index >= 15 is 0 Å². The van der Waals surface area contributed by atoms with Crippen molar-refractivity contribution in [3.8, 4) is 12.3 Å². The van der Waals surface area contributed by atoms with E-state index in [0.29, 0.717) is 0 Å². The monoisotopic (exact) mass is 472 g/mol. The van der Waals surface area contributed by atoms with E-state index in [1.165, 1.54) is 25.7 Å². The average molecular weight is 473 g/mol. The fourth-order valence-corrected chi connectivity index (χ4v) is 4.58. The van der Waals surface area contributed by atoms with E-state index in [4.69, 9.17) is 12.2 Å².